The topological polar surface area (TPSA) is 148 Å². The predicted molar refractivity (Wildman–Crippen MR) is 188 cm³/mol. The minimum atomic E-state index is -2.99. The summed E-state index contributed by atoms with van der Waals surface area (Å²) in [4.78, 5) is 30.7. The minimum absolute atomic E-state index is 0.144. The van der Waals surface area contributed by atoms with E-state index >= 15 is 0 Å². The zero-order chi connectivity index (χ0) is 33.8. The molecule has 0 bridgehead atoms. The van der Waals surface area contributed by atoms with Crippen molar-refractivity contribution in [2.45, 2.75) is 51.1 Å². The lowest BCUT2D eigenvalue weighted by atomic mass is 9.69. The molecule has 2 fully saturated rings. The molecule has 11 nitrogen and oxygen atoms in total. The number of hydrogen-bond acceptors (Lipinski definition) is 8. The maximum absolute atomic E-state index is 12.5. The van der Waals surface area contributed by atoms with Crippen LogP contribution < -0.4 is 10.6 Å². The smallest absolute Gasteiger partial charge is 0.408 e. The summed E-state index contributed by atoms with van der Waals surface area (Å²) in [6.07, 6.45) is 3.20. The van der Waals surface area contributed by atoms with Crippen LogP contribution in [0.4, 0.5) is 16.3 Å². The fourth-order valence-corrected chi connectivity index (χ4v) is 8.37. The highest BCUT2D eigenvalue weighted by molar-refractivity contribution is 7.91. The summed E-state index contributed by atoms with van der Waals surface area (Å²) in [5.74, 6) is 1.23. The van der Waals surface area contributed by atoms with Gasteiger partial charge in [0.1, 0.15) is 11.3 Å². The van der Waals surface area contributed by atoms with Crippen molar-refractivity contribution in [3.8, 4) is 28.3 Å². The number of pyridine rings is 2. The molecule has 0 atom stereocenters. The van der Waals surface area contributed by atoms with Crippen molar-refractivity contribution in [1.29, 1.82) is 0 Å². The summed E-state index contributed by atoms with van der Waals surface area (Å²) in [6.45, 7) is 6.73. The standard InChI is InChI=1S/C36H39N7O4S/c1-35(2,3)43(34(44)45)36(16-6-17-36)25-10-12-26(13-11-25)42-32(28-9-5-18-38-31(28)37)40-30-15-14-29(39-33(30)42)24-7-4-8-27(23-24)41-19-21-48(46,47)22-20-41/h4-5,7-15,18,23H,6,16-17,19-22H2,1-3H3,(H2,37,38)(H,44,45). The summed E-state index contributed by atoms with van der Waals surface area (Å²) in [5.41, 5.74) is 11.5. The summed E-state index contributed by atoms with van der Waals surface area (Å²) < 4.78 is 26.0. The van der Waals surface area contributed by atoms with E-state index in [1.165, 1.54) is 0 Å². The number of nitrogens with two attached hydrogens (primary N) is 1. The van der Waals surface area contributed by atoms with Gasteiger partial charge in [0, 0.05) is 41.8 Å². The Bertz CT molecular complexity index is 2120. The van der Waals surface area contributed by atoms with Crippen molar-refractivity contribution in [2.75, 3.05) is 35.2 Å². The van der Waals surface area contributed by atoms with Crippen LogP contribution in [-0.4, -0.2) is 74.2 Å². The van der Waals surface area contributed by atoms with Crippen LogP contribution in [0.15, 0.2) is 79.0 Å². The number of amides is 1. The summed E-state index contributed by atoms with van der Waals surface area (Å²) >= 11 is 0. The lowest BCUT2D eigenvalue weighted by molar-refractivity contribution is -0.0328. The van der Waals surface area contributed by atoms with Crippen LogP contribution in [0.25, 0.3) is 39.5 Å². The second-order valence-corrected chi connectivity index (χ2v) is 16.0. The number of carboxylic acid groups (broad SMARTS) is 1. The van der Waals surface area contributed by atoms with E-state index in [1.807, 2.05) is 98.1 Å². The van der Waals surface area contributed by atoms with E-state index in [0.717, 1.165) is 47.5 Å². The number of imidazole rings is 1. The van der Waals surface area contributed by atoms with Gasteiger partial charge >= 0.3 is 6.09 Å². The molecule has 0 unspecified atom stereocenters. The third-order valence-corrected chi connectivity index (χ3v) is 11.2. The zero-order valence-electron chi connectivity index (χ0n) is 27.3. The minimum Gasteiger partial charge on any atom is -0.465 e. The molecule has 3 N–H and O–H groups in total. The molecular weight excluding hydrogens is 627 g/mol. The fraction of sp³-hybridized carbons (Fsp3) is 0.333. The SMILES string of the molecule is CC(C)(C)N(C(=O)O)C1(c2ccc(-n3c(-c4cccnc4N)nc4ccc(-c5cccc(N6CCS(=O)(=O)CC6)c5)nc43)cc2)CCC1. The molecule has 2 aromatic carbocycles. The first kappa shape index (κ1) is 31.6. The largest absolute Gasteiger partial charge is 0.465 e. The van der Waals surface area contributed by atoms with E-state index < -0.39 is 27.0 Å². The van der Waals surface area contributed by atoms with Gasteiger partial charge in [-0.25, -0.2) is 28.2 Å². The molecule has 1 aliphatic heterocycles. The first-order valence-electron chi connectivity index (χ1n) is 16.2. The van der Waals surface area contributed by atoms with Gasteiger partial charge in [-0.15, -0.1) is 0 Å². The normalized spacial score (nSPS) is 17.2. The molecule has 7 rings (SSSR count). The van der Waals surface area contributed by atoms with Gasteiger partial charge < -0.3 is 15.7 Å². The van der Waals surface area contributed by atoms with Crippen LogP contribution in [0, 0.1) is 0 Å². The number of aromatic nitrogens is 4. The van der Waals surface area contributed by atoms with E-state index in [0.29, 0.717) is 41.5 Å². The predicted octanol–water partition coefficient (Wildman–Crippen LogP) is 6.12. The Morgan fingerprint density at radius 2 is 1.67 bits per heavy atom. The second-order valence-electron chi connectivity index (χ2n) is 13.7. The highest BCUT2D eigenvalue weighted by Crippen LogP contribution is 2.49. The maximum atomic E-state index is 12.5. The van der Waals surface area contributed by atoms with Crippen molar-refractivity contribution in [3.63, 3.8) is 0 Å². The van der Waals surface area contributed by atoms with Crippen LogP contribution in [-0.2, 0) is 15.4 Å². The number of anilines is 2. The summed E-state index contributed by atoms with van der Waals surface area (Å²) in [5, 5.41) is 10.3. The monoisotopic (exact) mass is 665 g/mol. The van der Waals surface area contributed by atoms with Gasteiger partial charge in [0.25, 0.3) is 0 Å². The second kappa shape index (κ2) is 11.6. The van der Waals surface area contributed by atoms with Crippen molar-refractivity contribution in [1.82, 2.24) is 24.4 Å². The molecule has 4 heterocycles. The number of rotatable bonds is 6. The lowest BCUT2D eigenvalue weighted by Crippen LogP contribution is -2.60. The highest BCUT2D eigenvalue weighted by Gasteiger charge is 2.50. The molecule has 0 radical (unpaired) electrons. The number of carbonyl (C=O) groups is 1. The average Bonchev–Trinajstić information content (AvgIpc) is 3.41. The third kappa shape index (κ3) is 5.53. The van der Waals surface area contributed by atoms with Gasteiger partial charge in [-0.3, -0.25) is 9.47 Å². The number of hydrogen-bond donors (Lipinski definition) is 2. The molecular formula is C36H39N7O4S. The molecule has 48 heavy (non-hydrogen) atoms. The Hall–Kier alpha value is -4.97. The first-order chi connectivity index (χ1) is 22.9. The van der Waals surface area contributed by atoms with E-state index in [2.05, 4.69) is 9.88 Å². The number of benzene rings is 2. The van der Waals surface area contributed by atoms with Crippen LogP contribution in [0.2, 0.25) is 0 Å². The van der Waals surface area contributed by atoms with Crippen molar-refractivity contribution in [2.24, 2.45) is 0 Å². The van der Waals surface area contributed by atoms with Crippen molar-refractivity contribution >= 4 is 38.6 Å². The first-order valence-corrected chi connectivity index (χ1v) is 18.0. The third-order valence-electron chi connectivity index (χ3n) is 9.57. The molecule has 1 saturated carbocycles. The number of nitrogens with zero attached hydrogens (tertiary/aromatic N) is 6. The van der Waals surface area contributed by atoms with Crippen LogP contribution >= 0.6 is 0 Å². The Morgan fingerprint density at radius 1 is 0.938 bits per heavy atom. The number of sulfone groups is 1. The quantitative estimate of drug-likeness (QED) is 0.219. The molecule has 0 spiro atoms. The van der Waals surface area contributed by atoms with Crippen LogP contribution in [0.5, 0.6) is 0 Å². The number of nitrogen functional groups attached to an aromatic ring is 1. The Kier molecular flexibility index (Phi) is 7.66. The van der Waals surface area contributed by atoms with Crippen LogP contribution in [0.1, 0.15) is 45.6 Å². The molecule has 2 aliphatic rings. The van der Waals surface area contributed by atoms with Gasteiger partial charge in [-0.2, -0.15) is 0 Å². The Labute approximate surface area is 280 Å². The number of fused-ring (bicyclic) bond motifs is 1. The average molecular weight is 666 g/mol. The van der Waals surface area contributed by atoms with E-state index in [1.54, 1.807) is 11.1 Å². The van der Waals surface area contributed by atoms with Gasteiger partial charge in [0.15, 0.2) is 21.3 Å². The zero-order valence-corrected chi connectivity index (χ0v) is 28.1. The van der Waals surface area contributed by atoms with E-state index in [4.69, 9.17) is 15.7 Å². The van der Waals surface area contributed by atoms with Gasteiger partial charge in [-0.05, 0) is 94.1 Å². The molecule has 248 valence electrons. The van der Waals surface area contributed by atoms with E-state index in [-0.39, 0.29) is 11.5 Å². The van der Waals surface area contributed by atoms with Crippen LogP contribution in [0.3, 0.4) is 0 Å². The van der Waals surface area contributed by atoms with Crippen molar-refractivity contribution < 1.29 is 18.3 Å². The molecule has 1 aliphatic carbocycles. The van der Waals surface area contributed by atoms with Gasteiger partial charge in [0.2, 0.25) is 0 Å². The van der Waals surface area contributed by atoms with E-state index in [9.17, 15) is 18.3 Å². The Morgan fingerprint density at radius 3 is 2.29 bits per heavy atom. The van der Waals surface area contributed by atoms with Gasteiger partial charge in [0.05, 0.1) is 28.3 Å². The van der Waals surface area contributed by atoms with Gasteiger partial charge in [-0.1, -0.05) is 24.3 Å². The summed E-state index contributed by atoms with van der Waals surface area (Å²) in [6, 6.07) is 23.6. The fourth-order valence-electron chi connectivity index (χ4n) is 7.17. The van der Waals surface area contributed by atoms with Crippen molar-refractivity contribution in [3.05, 3.63) is 84.6 Å². The maximum Gasteiger partial charge on any atom is 0.408 e. The summed E-state index contributed by atoms with van der Waals surface area (Å²) in [7, 11) is -2.99. The molecule has 3 aromatic heterocycles. The highest BCUT2D eigenvalue weighted by atomic mass is 32.2. The molecule has 12 heteroatoms. The Balaban J connectivity index is 1.33. The molecule has 1 amide bonds. The molecule has 5 aromatic rings. The molecule has 1 saturated heterocycles. The lowest BCUT2D eigenvalue weighted by Gasteiger charge is -2.54.